The number of aryl methyl sites for hydroxylation is 1. The predicted molar refractivity (Wildman–Crippen MR) is 164 cm³/mol. The number of nitrogens with one attached hydrogen (secondary N) is 2. The summed E-state index contributed by atoms with van der Waals surface area (Å²) in [5, 5.41) is 3.59. The van der Waals surface area contributed by atoms with Gasteiger partial charge in [-0.15, -0.1) is 0 Å². The Morgan fingerprint density at radius 1 is 1.23 bits per heavy atom. The maximum atomic E-state index is 14.7. The third kappa shape index (κ3) is 7.33. The lowest BCUT2D eigenvalue weighted by Crippen LogP contribution is -2.20. The fraction of sp³-hybridized carbons (Fsp3) is 0.294. The molecule has 2 heterocycles. The first-order valence-corrected chi connectivity index (χ1v) is 14.0. The number of rotatable bonds is 12. The zero-order chi connectivity index (χ0) is 28.5. The van der Waals surface area contributed by atoms with Crippen molar-refractivity contribution in [2.45, 2.75) is 52.5 Å². The molecule has 0 aliphatic heterocycles. The number of halogens is 1. The minimum absolute atomic E-state index is 0.306. The number of allylic oxidation sites excluding steroid dienone is 6. The van der Waals surface area contributed by atoms with E-state index in [1.54, 1.807) is 24.3 Å². The average molecular weight is 538 g/mol. The van der Waals surface area contributed by atoms with Gasteiger partial charge in [0.05, 0.1) is 5.69 Å². The van der Waals surface area contributed by atoms with Crippen LogP contribution in [0.2, 0.25) is 0 Å². The second-order valence-electron chi connectivity index (χ2n) is 10.4. The summed E-state index contributed by atoms with van der Waals surface area (Å²) in [4.78, 5) is 12.7. The van der Waals surface area contributed by atoms with Crippen molar-refractivity contribution in [1.82, 2.24) is 20.3 Å². The lowest BCUT2D eigenvalue weighted by molar-refractivity contribution is 0.489. The van der Waals surface area contributed by atoms with E-state index in [0.717, 1.165) is 52.8 Å². The molecule has 1 aliphatic carbocycles. The van der Waals surface area contributed by atoms with Crippen molar-refractivity contribution >= 4 is 11.1 Å². The molecule has 4 N–H and O–H groups in total. The molecule has 1 aromatic carbocycles. The maximum Gasteiger partial charge on any atom is 0.131 e. The minimum atomic E-state index is -0.306. The van der Waals surface area contributed by atoms with Crippen molar-refractivity contribution < 1.29 is 4.39 Å². The summed E-state index contributed by atoms with van der Waals surface area (Å²) in [7, 11) is 0. The average Bonchev–Trinajstić information content (AvgIpc) is 3.61. The number of nitrogens with zero attached hydrogens (tertiary/aromatic N) is 2. The van der Waals surface area contributed by atoms with E-state index in [0.29, 0.717) is 28.9 Å². The number of hydrogen-bond acceptors (Lipinski definition) is 4. The van der Waals surface area contributed by atoms with Crippen molar-refractivity contribution in [3.8, 4) is 0 Å². The summed E-state index contributed by atoms with van der Waals surface area (Å²) in [5.41, 5.74) is 13.5. The molecule has 0 bridgehead atoms. The van der Waals surface area contributed by atoms with Gasteiger partial charge in [-0.3, -0.25) is 4.98 Å². The highest BCUT2D eigenvalue weighted by molar-refractivity contribution is 5.80. The van der Waals surface area contributed by atoms with E-state index >= 15 is 0 Å². The maximum absolute atomic E-state index is 14.7. The molecule has 0 spiro atoms. The molecule has 5 nitrogen and oxygen atoms in total. The Kier molecular flexibility index (Phi) is 10.0. The lowest BCUT2D eigenvalue weighted by Gasteiger charge is -2.12. The number of benzene rings is 1. The predicted octanol–water partition coefficient (Wildman–Crippen LogP) is 7.19. The molecule has 6 heteroatoms. The zero-order valence-corrected chi connectivity index (χ0v) is 23.6. The van der Waals surface area contributed by atoms with E-state index in [1.807, 2.05) is 44.5 Å². The Bertz CT molecular complexity index is 1440. The number of aromatic amines is 1. The van der Waals surface area contributed by atoms with Gasteiger partial charge in [0.2, 0.25) is 0 Å². The molecule has 0 amide bonds. The monoisotopic (exact) mass is 537 g/mol. The number of imidazole rings is 1. The molecule has 3 aromatic rings. The second kappa shape index (κ2) is 13.9. The molecule has 0 atom stereocenters. The van der Waals surface area contributed by atoms with Gasteiger partial charge in [-0.1, -0.05) is 62.4 Å². The Balaban J connectivity index is 1.54. The summed E-state index contributed by atoms with van der Waals surface area (Å²) in [5.74, 6) is 1.21. The van der Waals surface area contributed by atoms with Crippen molar-refractivity contribution in [2.75, 3.05) is 6.54 Å². The number of nitrogens with two attached hydrogens (primary N) is 1. The SMILES string of the molecule is C=C/C=C(/c1ccccc1F)c1nc(CC(=C/C(=C)c2cncc(CNCC3CCCC3)c2)/C(N)=C\C)[nH]c1C. The van der Waals surface area contributed by atoms with E-state index in [2.05, 4.69) is 34.5 Å². The van der Waals surface area contributed by atoms with Crippen LogP contribution in [0.25, 0.3) is 11.1 Å². The number of pyridine rings is 1. The highest BCUT2D eigenvalue weighted by Gasteiger charge is 2.17. The van der Waals surface area contributed by atoms with Gasteiger partial charge in [-0.2, -0.15) is 0 Å². The van der Waals surface area contributed by atoms with Gasteiger partial charge < -0.3 is 16.0 Å². The zero-order valence-electron chi connectivity index (χ0n) is 23.6. The second-order valence-corrected chi connectivity index (χ2v) is 10.4. The van der Waals surface area contributed by atoms with Gasteiger partial charge in [0.15, 0.2) is 0 Å². The molecule has 1 aliphatic rings. The van der Waals surface area contributed by atoms with Crippen LogP contribution in [0.1, 0.15) is 66.5 Å². The van der Waals surface area contributed by atoms with E-state index < -0.39 is 0 Å². The van der Waals surface area contributed by atoms with E-state index in [9.17, 15) is 4.39 Å². The van der Waals surface area contributed by atoms with Crippen LogP contribution in [0.3, 0.4) is 0 Å². The van der Waals surface area contributed by atoms with Crippen molar-refractivity contribution in [3.05, 3.63) is 131 Å². The third-order valence-corrected chi connectivity index (χ3v) is 7.43. The van der Waals surface area contributed by atoms with Gasteiger partial charge in [-0.05, 0) is 79.6 Å². The fourth-order valence-electron chi connectivity index (χ4n) is 5.25. The largest absolute Gasteiger partial charge is 0.399 e. The van der Waals surface area contributed by atoms with Crippen LogP contribution in [-0.2, 0) is 13.0 Å². The van der Waals surface area contributed by atoms with Crippen LogP contribution in [0.4, 0.5) is 4.39 Å². The number of hydrogen-bond donors (Lipinski definition) is 3. The Hall–Kier alpha value is -4.03. The topological polar surface area (TPSA) is 79.6 Å². The molecule has 208 valence electrons. The normalized spacial score (nSPS) is 15.0. The minimum Gasteiger partial charge on any atom is -0.399 e. The third-order valence-electron chi connectivity index (χ3n) is 7.43. The van der Waals surface area contributed by atoms with Gasteiger partial charge in [0.25, 0.3) is 0 Å². The van der Waals surface area contributed by atoms with Crippen LogP contribution in [0, 0.1) is 18.7 Å². The molecule has 0 unspecified atom stereocenters. The Labute approximate surface area is 237 Å². The van der Waals surface area contributed by atoms with Crippen molar-refractivity contribution in [1.29, 1.82) is 0 Å². The molecular formula is C34H40FN5. The number of aromatic nitrogens is 3. The first kappa shape index (κ1) is 29.0. The first-order valence-electron chi connectivity index (χ1n) is 14.0. The smallest absolute Gasteiger partial charge is 0.131 e. The van der Waals surface area contributed by atoms with E-state index in [4.69, 9.17) is 10.7 Å². The summed E-state index contributed by atoms with van der Waals surface area (Å²) < 4.78 is 14.7. The van der Waals surface area contributed by atoms with Gasteiger partial charge in [0.1, 0.15) is 11.6 Å². The van der Waals surface area contributed by atoms with Crippen LogP contribution in [0.5, 0.6) is 0 Å². The van der Waals surface area contributed by atoms with Crippen LogP contribution in [0.15, 0.2) is 91.5 Å². The van der Waals surface area contributed by atoms with E-state index in [-0.39, 0.29) is 5.82 Å². The summed E-state index contributed by atoms with van der Waals surface area (Å²) in [6, 6.07) is 8.82. The molecular weight excluding hydrogens is 497 g/mol. The molecule has 4 rings (SSSR count). The Morgan fingerprint density at radius 3 is 2.73 bits per heavy atom. The van der Waals surface area contributed by atoms with Gasteiger partial charge in [-0.25, -0.2) is 9.37 Å². The van der Waals surface area contributed by atoms with Crippen molar-refractivity contribution in [3.63, 3.8) is 0 Å². The van der Waals surface area contributed by atoms with Crippen LogP contribution >= 0.6 is 0 Å². The van der Waals surface area contributed by atoms with Crippen LogP contribution in [-0.4, -0.2) is 21.5 Å². The highest BCUT2D eigenvalue weighted by atomic mass is 19.1. The molecule has 1 fully saturated rings. The van der Waals surface area contributed by atoms with Gasteiger partial charge in [0, 0.05) is 47.9 Å². The molecule has 40 heavy (non-hydrogen) atoms. The highest BCUT2D eigenvalue weighted by Crippen LogP contribution is 2.28. The lowest BCUT2D eigenvalue weighted by atomic mass is 10.0. The van der Waals surface area contributed by atoms with E-state index in [1.165, 1.54) is 31.7 Å². The molecule has 1 saturated carbocycles. The summed E-state index contributed by atoms with van der Waals surface area (Å²) >= 11 is 0. The number of H-pyrrole nitrogens is 1. The van der Waals surface area contributed by atoms with Crippen LogP contribution < -0.4 is 11.1 Å². The molecule has 0 saturated heterocycles. The molecule has 2 aromatic heterocycles. The summed E-state index contributed by atoms with van der Waals surface area (Å²) in [6.07, 6.45) is 16.9. The summed E-state index contributed by atoms with van der Waals surface area (Å²) in [6.45, 7) is 13.8. The quantitative estimate of drug-likeness (QED) is 0.214. The standard InChI is InChI=1S/C34H40FN5/c1-5-11-30(29-14-9-10-15-31(29)35)34-24(4)39-33(40-34)18-27(32(36)6-2)16-23(3)28-17-26(21-38-22-28)20-37-19-25-12-7-8-13-25/h5-6,9-11,14-17,21-22,25,37H,1,3,7-8,12-13,18-20,36H2,2,4H3,(H,39,40)/b27-16-,30-11-,32-6+. The first-order chi connectivity index (χ1) is 19.4. The molecule has 0 radical (unpaired) electrons. The Morgan fingerprint density at radius 2 is 2.00 bits per heavy atom. The van der Waals surface area contributed by atoms with Crippen molar-refractivity contribution in [2.24, 2.45) is 11.7 Å². The fourth-order valence-corrected chi connectivity index (χ4v) is 5.25. The van der Waals surface area contributed by atoms with Gasteiger partial charge >= 0.3 is 0 Å².